The summed E-state index contributed by atoms with van der Waals surface area (Å²) in [6.45, 7) is 7.89. The zero-order valence-corrected chi connectivity index (χ0v) is 9.44. The van der Waals surface area contributed by atoms with Crippen LogP contribution in [0.4, 0.5) is 0 Å². The van der Waals surface area contributed by atoms with E-state index in [2.05, 4.69) is 26.5 Å². The highest BCUT2D eigenvalue weighted by Gasteiger charge is 2.04. The quantitative estimate of drug-likeness (QED) is 0.656. The Morgan fingerprint density at radius 3 is 2.53 bits per heavy atom. The summed E-state index contributed by atoms with van der Waals surface area (Å²) in [5.41, 5.74) is 1.26. The van der Waals surface area contributed by atoms with Crippen molar-refractivity contribution >= 4 is 0 Å². The van der Waals surface area contributed by atoms with Crippen LogP contribution in [0.25, 0.3) is 0 Å². The number of hydrogen-bond donors (Lipinski definition) is 0. The third-order valence-electron chi connectivity index (χ3n) is 1.95. The number of ether oxygens (including phenoxy) is 1. The molecule has 0 aliphatic heterocycles. The Labute approximate surface area is 92.1 Å². The monoisotopic (exact) mass is 202 g/mol. The lowest BCUT2D eigenvalue weighted by Gasteiger charge is -2.14. The average molecular weight is 202 g/mol. The molecule has 1 heteroatoms. The Kier molecular flexibility index (Phi) is 4.69. The summed E-state index contributed by atoms with van der Waals surface area (Å²) >= 11 is 0. The van der Waals surface area contributed by atoms with Crippen molar-refractivity contribution in [3.8, 4) is 5.75 Å². The van der Waals surface area contributed by atoms with Gasteiger partial charge in [-0.25, -0.2) is 0 Å². The first-order valence-corrected chi connectivity index (χ1v) is 5.20. The van der Waals surface area contributed by atoms with E-state index in [0.717, 1.165) is 12.2 Å². The van der Waals surface area contributed by atoms with E-state index in [1.165, 1.54) is 5.57 Å². The third-order valence-corrected chi connectivity index (χ3v) is 1.95. The molecule has 0 radical (unpaired) electrons. The zero-order chi connectivity index (χ0) is 11.1. The highest BCUT2D eigenvalue weighted by molar-refractivity contribution is 5.22. The summed E-state index contributed by atoms with van der Waals surface area (Å²) in [4.78, 5) is 0. The molecule has 0 saturated heterocycles. The maximum absolute atomic E-state index is 5.82. The molecular formula is C14H18O. The normalized spacial score (nSPS) is 11.6. The largest absolute Gasteiger partial charge is 0.486 e. The van der Waals surface area contributed by atoms with E-state index in [4.69, 9.17) is 4.74 Å². The summed E-state index contributed by atoms with van der Waals surface area (Å²) < 4.78 is 5.82. The Balaban J connectivity index is 2.67. The maximum atomic E-state index is 5.82. The van der Waals surface area contributed by atoms with Crippen LogP contribution >= 0.6 is 0 Å². The van der Waals surface area contributed by atoms with Gasteiger partial charge in [0.15, 0.2) is 0 Å². The van der Waals surface area contributed by atoms with Gasteiger partial charge in [-0.1, -0.05) is 29.8 Å². The summed E-state index contributed by atoms with van der Waals surface area (Å²) in [6, 6.07) is 9.87. The lowest BCUT2D eigenvalue weighted by molar-refractivity contribution is 0.252. The van der Waals surface area contributed by atoms with Crippen molar-refractivity contribution in [1.29, 1.82) is 0 Å². The number of rotatable bonds is 5. The minimum absolute atomic E-state index is 0.0925. The van der Waals surface area contributed by atoms with Gasteiger partial charge in [-0.2, -0.15) is 0 Å². The summed E-state index contributed by atoms with van der Waals surface area (Å²) in [5, 5.41) is 0. The molecule has 1 atom stereocenters. The van der Waals surface area contributed by atoms with Crippen molar-refractivity contribution in [1.82, 2.24) is 0 Å². The van der Waals surface area contributed by atoms with Crippen LogP contribution in [0.3, 0.4) is 0 Å². The minimum atomic E-state index is 0.0925. The highest BCUT2D eigenvalue weighted by atomic mass is 16.5. The fourth-order valence-corrected chi connectivity index (χ4v) is 1.36. The van der Waals surface area contributed by atoms with Gasteiger partial charge in [0.2, 0.25) is 0 Å². The van der Waals surface area contributed by atoms with E-state index in [0.29, 0.717) is 0 Å². The lowest BCUT2D eigenvalue weighted by Crippen LogP contribution is -2.12. The molecule has 0 aliphatic rings. The van der Waals surface area contributed by atoms with Gasteiger partial charge in [0.25, 0.3) is 0 Å². The average Bonchev–Trinajstić information content (AvgIpc) is 2.18. The van der Waals surface area contributed by atoms with Gasteiger partial charge in [0, 0.05) is 6.42 Å². The van der Waals surface area contributed by atoms with E-state index >= 15 is 0 Å². The lowest BCUT2D eigenvalue weighted by atomic mass is 10.2. The molecule has 0 saturated carbocycles. The summed E-state index contributed by atoms with van der Waals surface area (Å²) in [7, 11) is 0. The molecule has 1 aromatic rings. The second kappa shape index (κ2) is 6.07. The molecule has 0 N–H and O–H groups in total. The van der Waals surface area contributed by atoms with Gasteiger partial charge in [-0.05, 0) is 32.1 Å². The number of benzene rings is 1. The second-order valence-corrected chi connectivity index (χ2v) is 3.74. The Morgan fingerprint density at radius 2 is 2.00 bits per heavy atom. The van der Waals surface area contributed by atoms with Crippen LogP contribution < -0.4 is 4.74 Å². The van der Waals surface area contributed by atoms with Crippen molar-refractivity contribution in [3.05, 3.63) is 54.6 Å². The smallest absolute Gasteiger partial charge is 0.120 e. The molecule has 1 unspecified atom stereocenters. The highest BCUT2D eigenvalue weighted by Crippen LogP contribution is 2.14. The molecule has 0 spiro atoms. The van der Waals surface area contributed by atoms with Gasteiger partial charge in [0.05, 0.1) is 0 Å². The minimum Gasteiger partial charge on any atom is -0.486 e. The standard InChI is InChI=1S/C14H18O/c1-4-8-14(11-12(2)3)15-13-9-6-5-7-10-13/h4-7,9-11,14H,1,8H2,2-3H3. The molecule has 0 fully saturated rings. The molecule has 0 amide bonds. The Morgan fingerprint density at radius 1 is 1.33 bits per heavy atom. The third kappa shape index (κ3) is 4.50. The van der Waals surface area contributed by atoms with Crippen LogP contribution in [-0.4, -0.2) is 6.10 Å². The van der Waals surface area contributed by atoms with Crippen LogP contribution in [0.2, 0.25) is 0 Å². The van der Waals surface area contributed by atoms with E-state index < -0.39 is 0 Å². The maximum Gasteiger partial charge on any atom is 0.120 e. The SMILES string of the molecule is C=CCC(C=C(C)C)Oc1ccccc1. The van der Waals surface area contributed by atoms with Gasteiger partial charge >= 0.3 is 0 Å². The van der Waals surface area contributed by atoms with E-state index in [-0.39, 0.29) is 6.10 Å². The first-order chi connectivity index (χ1) is 7.22. The van der Waals surface area contributed by atoms with Crippen LogP contribution in [0, 0.1) is 0 Å². The molecule has 0 aliphatic carbocycles. The van der Waals surface area contributed by atoms with Gasteiger partial charge in [-0.3, -0.25) is 0 Å². The van der Waals surface area contributed by atoms with E-state index in [9.17, 15) is 0 Å². The molecule has 0 heterocycles. The Hall–Kier alpha value is -1.50. The van der Waals surface area contributed by atoms with Gasteiger partial charge < -0.3 is 4.74 Å². The van der Waals surface area contributed by atoms with Crippen LogP contribution in [0.15, 0.2) is 54.6 Å². The van der Waals surface area contributed by atoms with E-state index in [1.54, 1.807) is 0 Å². The number of allylic oxidation sites excluding steroid dienone is 1. The van der Waals surface area contributed by atoms with Crippen LogP contribution in [0.1, 0.15) is 20.3 Å². The number of hydrogen-bond acceptors (Lipinski definition) is 1. The molecule has 0 aromatic heterocycles. The van der Waals surface area contributed by atoms with Gasteiger partial charge in [-0.15, -0.1) is 6.58 Å². The first-order valence-electron chi connectivity index (χ1n) is 5.20. The van der Waals surface area contributed by atoms with Crippen molar-refractivity contribution < 1.29 is 4.74 Å². The molecule has 1 rings (SSSR count). The van der Waals surface area contributed by atoms with Crippen molar-refractivity contribution in [2.75, 3.05) is 0 Å². The molecule has 80 valence electrons. The summed E-state index contributed by atoms with van der Waals surface area (Å²) in [6.07, 6.45) is 4.93. The topological polar surface area (TPSA) is 9.23 Å². The Bertz CT molecular complexity index is 320. The molecule has 15 heavy (non-hydrogen) atoms. The fraction of sp³-hybridized carbons (Fsp3) is 0.286. The predicted molar refractivity (Wildman–Crippen MR) is 65.1 cm³/mol. The van der Waals surface area contributed by atoms with E-state index in [1.807, 2.05) is 36.4 Å². The fourth-order valence-electron chi connectivity index (χ4n) is 1.36. The van der Waals surface area contributed by atoms with Crippen molar-refractivity contribution in [3.63, 3.8) is 0 Å². The molecule has 1 nitrogen and oxygen atoms in total. The van der Waals surface area contributed by atoms with Crippen LogP contribution in [0.5, 0.6) is 5.75 Å². The summed E-state index contributed by atoms with van der Waals surface area (Å²) in [5.74, 6) is 0.904. The first kappa shape index (κ1) is 11.6. The number of para-hydroxylation sites is 1. The van der Waals surface area contributed by atoms with Crippen LogP contribution in [-0.2, 0) is 0 Å². The van der Waals surface area contributed by atoms with Crippen molar-refractivity contribution in [2.24, 2.45) is 0 Å². The molecule has 1 aromatic carbocycles. The van der Waals surface area contributed by atoms with Gasteiger partial charge in [0.1, 0.15) is 11.9 Å². The molecule has 0 bridgehead atoms. The molecular weight excluding hydrogens is 184 g/mol. The zero-order valence-electron chi connectivity index (χ0n) is 9.44. The predicted octanol–water partition coefficient (Wildman–Crippen LogP) is 3.98. The second-order valence-electron chi connectivity index (χ2n) is 3.74. The van der Waals surface area contributed by atoms with Crippen molar-refractivity contribution in [2.45, 2.75) is 26.4 Å².